The van der Waals surface area contributed by atoms with Gasteiger partial charge in [0.15, 0.2) is 9.84 Å². The molecule has 3 N–H and O–H groups in total. The molecule has 0 bridgehead atoms. The molecule has 1 atom stereocenters. The van der Waals surface area contributed by atoms with E-state index in [1.807, 2.05) is 0 Å². The van der Waals surface area contributed by atoms with Crippen LogP contribution in [0.3, 0.4) is 0 Å². The topological polar surface area (TPSA) is 114 Å². The van der Waals surface area contributed by atoms with Gasteiger partial charge in [0.2, 0.25) is 5.91 Å². The third-order valence-electron chi connectivity index (χ3n) is 4.02. The number of halogens is 3. The molecule has 156 valence electrons. The summed E-state index contributed by atoms with van der Waals surface area (Å²) >= 11 is 0. The number of hydrogen-bond donors (Lipinski definition) is 3. The van der Waals surface area contributed by atoms with Crippen molar-refractivity contribution in [2.24, 2.45) is 0 Å². The first kappa shape index (κ1) is 21.8. The number of nitrogens with one attached hydrogen (secondary N) is 3. The van der Waals surface area contributed by atoms with Crippen LogP contribution in [0.5, 0.6) is 5.75 Å². The van der Waals surface area contributed by atoms with Gasteiger partial charge in [-0.15, -0.1) is 0 Å². The van der Waals surface area contributed by atoms with Crippen molar-refractivity contribution in [3.63, 3.8) is 0 Å². The van der Waals surface area contributed by atoms with Gasteiger partial charge in [0, 0.05) is 19.0 Å². The van der Waals surface area contributed by atoms with Gasteiger partial charge >= 0.3 is 12.2 Å². The molecule has 0 radical (unpaired) electrons. The van der Waals surface area contributed by atoms with Gasteiger partial charge in [0.25, 0.3) is 0 Å². The Bertz CT molecular complexity index is 842. The maximum atomic E-state index is 13.1. The summed E-state index contributed by atoms with van der Waals surface area (Å²) in [5, 5.41) is 6.92. The molecule has 1 aromatic carbocycles. The Morgan fingerprint density at radius 1 is 1.29 bits per heavy atom. The number of ether oxygens (including phenoxy) is 1. The lowest BCUT2D eigenvalue weighted by molar-refractivity contribution is -0.137. The Balaban J connectivity index is 1.83. The van der Waals surface area contributed by atoms with Gasteiger partial charge in [-0.05, 0) is 24.6 Å². The summed E-state index contributed by atoms with van der Waals surface area (Å²) in [5.74, 6) is -0.571. The van der Waals surface area contributed by atoms with Crippen molar-refractivity contribution in [3.05, 3.63) is 23.8 Å². The monoisotopic (exact) mass is 423 g/mol. The minimum absolute atomic E-state index is 0.0103. The van der Waals surface area contributed by atoms with Gasteiger partial charge in [-0.2, -0.15) is 13.2 Å². The third kappa shape index (κ3) is 6.29. The van der Waals surface area contributed by atoms with E-state index in [1.54, 1.807) is 0 Å². The van der Waals surface area contributed by atoms with E-state index < -0.39 is 45.2 Å². The quantitative estimate of drug-likeness (QED) is 0.642. The van der Waals surface area contributed by atoms with Crippen LogP contribution in [0.1, 0.15) is 18.4 Å². The van der Waals surface area contributed by atoms with E-state index in [9.17, 15) is 31.2 Å². The molecule has 1 aliphatic heterocycles. The highest BCUT2D eigenvalue weighted by Crippen LogP contribution is 2.37. The van der Waals surface area contributed by atoms with Crippen LogP contribution in [0, 0.1) is 0 Å². The summed E-state index contributed by atoms with van der Waals surface area (Å²) in [5.41, 5.74) is -1.52. The molecule has 0 saturated carbocycles. The summed E-state index contributed by atoms with van der Waals surface area (Å²) in [7, 11) is -1.90. The van der Waals surface area contributed by atoms with Gasteiger partial charge < -0.3 is 20.7 Å². The lowest BCUT2D eigenvalue weighted by Gasteiger charge is -2.15. The second-order valence-electron chi connectivity index (χ2n) is 6.21. The van der Waals surface area contributed by atoms with Crippen LogP contribution in [0.4, 0.5) is 23.7 Å². The first-order valence-corrected chi connectivity index (χ1v) is 10.1. The number of anilines is 1. The number of carbonyl (C=O) groups excluding carboxylic acids is 2. The van der Waals surface area contributed by atoms with E-state index in [4.69, 9.17) is 4.74 Å². The Morgan fingerprint density at radius 3 is 2.57 bits per heavy atom. The number of amides is 3. The molecule has 1 unspecified atom stereocenters. The van der Waals surface area contributed by atoms with Crippen molar-refractivity contribution in [2.75, 3.05) is 30.5 Å². The molecular formula is C16H20F3N3O5S. The van der Waals surface area contributed by atoms with Crippen molar-refractivity contribution < 1.29 is 35.9 Å². The van der Waals surface area contributed by atoms with Gasteiger partial charge in [-0.25, -0.2) is 13.2 Å². The molecule has 1 aliphatic rings. The molecule has 12 heteroatoms. The molecule has 3 amide bonds. The van der Waals surface area contributed by atoms with Crippen LogP contribution in [-0.2, 0) is 20.8 Å². The average molecular weight is 423 g/mol. The SMILES string of the molecule is COc1ccc(NC(=O)NCCC(=O)NC2CCS(=O)(=O)C2)c(C(F)(F)F)c1. The molecule has 0 aromatic heterocycles. The van der Waals surface area contributed by atoms with Crippen molar-refractivity contribution in [1.82, 2.24) is 10.6 Å². The predicted octanol–water partition coefficient (Wildman–Crippen LogP) is 1.53. The third-order valence-corrected chi connectivity index (χ3v) is 5.78. The number of carbonyl (C=O) groups is 2. The zero-order chi connectivity index (χ0) is 20.9. The first-order valence-electron chi connectivity index (χ1n) is 8.30. The van der Waals surface area contributed by atoms with Crippen LogP contribution < -0.4 is 20.7 Å². The Hall–Kier alpha value is -2.50. The highest BCUT2D eigenvalue weighted by Gasteiger charge is 2.34. The van der Waals surface area contributed by atoms with Gasteiger partial charge in [-0.3, -0.25) is 4.79 Å². The molecule has 0 aliphatic carbocycles. The van der Waals surface area contributed by atoms with Crippen molar-refractivity contribution in [1.29, 1.82) is 0 Å². The van der Waals surface area contributed by atoms with Crippen molar-refractivity contribution >= 4 is 27.5 Å². The summed E-state index contributed by atoms with van der Waals surface area (Å²) in [6.07, 6.45) is -4.50. The fraction of sp³-hybridized carbons (Fsp3) is 0.500. The first-order chi connectivity index (χ1) is 13.0. The van der Waals surface area contributed by atoms with Gasteiger partial charge in [0.1, 0.15) is 5.75 Å². The van der Waals surface area contributed by atoms with E-state index in [0.717, 1.165) is 12.1 Å². The molecule has 1 saturated heterocycles. The van der Waals surface area contributed by atoms with Gasteiger partial charge in [-0.1, -0.05) is 0 Å². The molecule has 2 rings (SSSR count). The van der Waals surface area contributed by atoms with Gasteiger partial charge in [0.05, 0.1) is 29.9 Å². The molecule has 1 heterocycles. The number of alkyl halides is 3. The summed E-state index contributed by atoms with van der Waals surface area (Å²) in [6, 6.07) is 1.73. The van der Waals surface area contributed by atoms with Crippen molar-refractivity contribution in [3.8, 4) is 5.75 Å². The van der Waals surface area contributed by atoms with Crippen LogP contribution in [-0.4, -0.2) is 51.6 Å². The van der Waals surface area contributed by atoms with Crippen LogP contribution >= 0.6 is 0 Å². The van der Waals surface area contributed by atoms with E-state index in [0.29, 0.717) is 6.42 Å². The van der Waals surface area contributed by atoms with E-state index in [1.165, 1.54) is 13.2 Å². The highest BCUT2D eigenvalue weighted by molar-refractivity contribution is 7.91. The van der Waals surface area contributed by atoms with E-state index in [2.05, 4.69) is 16.0 Å². The second kappa shape index (κ2) is 8.67. The van der Waals surface area contributed by atoms with Crippen LogP contribution in [0.2, 0.25) is 0 Å². The standard InChI is InChI=1S/C16H20F3N3O5S/c1-27-11-2-3-13(12(8-11)16(17,18)19)22-15(24)20-6-4-14(23)21-10-5-7-28(25,26)9-10/h2-3,8,10H,4-7,9H2,1H3,(H,21,23)(H2,20,22,24). The second-order valence-corrected chi connectivity index (χ2v) is 8.44. The Labute approximate surface area is 159 Å². The highest BCUT2D eigenvalue weighted by atomic mass is 32.2. The smallest absolute Gasteiger partial charge is 0.418 e. The average Bonchev–Trinajstić information content (AvgIpc) is 2.92. The van der Waals surface area contributed by atoms with Crippen LogP contribution in [0.15, 0.2) is 18.2 Å². The number of hydrogen-bond acceptors (Lipinski definition) is 5. The summed E-state index contributed by atoms with van der Waals surface area (Å²) in [4.78, 5) is 23.6. The Kier molecular flexibility index (Phi) is 6.75. The maximum absolute atomic E-state index is 13.1. The number of rotatable bonds is 6. The number of methoxy groups -OCH3 is 1. The van der Waals surface area contributed by atoms with E-state index >= 15 is 0 Å². The minimum Gasteiger partial charge on any atom is -0.497 e. The van der Waals surface area contributed by atoms with Crippen molar-refractivity contribution in [2.45, 2.75) is 25.1 Å². The number of sulfone groups is 1. The zero-order valence-electron chi connectivity index (χ0n) is 14.9. The lowest BCUT2D eigenvalue weighted by Crippen LogP contribution is -2.38. The largest absolute Gasteiger partial charge is 0.497 e. The molecule has 1 aromatic rings. The molecule has 8 nitrogen and oxygen atoms in total. The fourth-order valence-electron chi connectivity index (χ4n) is 2.66. The predicted molar refractivity (Wildman–Crippen MR) is 94.8 cm³/mol. The van der Waals surface area contributed by atoms with E-state index in [-0.39, 0.29) is 30.2 Å². The minimum atomic E-state index is -4.70. The summed E-state index contributed by atoms with van der Waals surface area (Å²) in [6.45, 7) is -0.130. The molecule has 28 heavy (non-hydrogen) atoms. The Morgan fingerprint density at radius 2 is 2.00 bits per heavy atom. The number of benzene rings is 1. The lowest BCUT2D eigenvalue weighted by atomic mass is 10.1. The summed E-state index contributed by atoms with van der Waals surface area (Å²) < 4.78 is 66.7. The zero-order valence-corrected chi connectivity index (χ0v) is 15.7. The normalized spacial score (nSPS) is 18.4. The molecule has 1 fully saturated rings. The van der Waals surface area contributed by atoms with Crippen LogP contribution in [0.25, 0.3) is 0 Å². The fourth-order valence-corrected chi connectivity index (χ4v) is 4.33. The number of urea groups is 1. The molecular weight excluding hydrogens is 403 g/mol. The maximum Gasteiger partial charge on any atom is 0.418 e. The molecule has 0 spiro atoms.